The molecule has 1 unspecified atom stereocenters. The molecule has 92 valence electrons. The normalized spacial score (nSPS) is 19.2. The molecule has 0 saturated carbocycles. The van der Waals surface area contributed by atoms with E-state index < -0.39 is 0 Å². The van der Waals surface area contributed by atoms with Crippen LogP contribution in [0.2, 0.25) is 0 Å². The van der Waals surface area contributed by atoms with E-state index in [1.807, 2.05) is 0 Å². The first kappa shape index (κ1) is 13.0. The first-order chi connectivity index (χ1) is 8.06. The van der Waals surface area contributed by atoms with Crippen molar-refractivity contribution in [1.82, 2.24) is 10.6 Å². The fourth-order valence-electron chi connectivity index (χ4n) is 1.59. The summed E-state index contributed by atoms with van der Waals surface area (Å²) in [6.45, 7) is 0.484. The van der Waals surface area contributed by atoms with Crippen LogP contribution in [0.15, 0.2) is 14.3 Å². The number of hydrogen-bond acceptors (Lipinski definition) is 3. The molecule has 1 aromatic rings. The smallest absolute Gasteiger partial charge is 0.261 e. The lowest BCUT2D eigenvalue weighted by molar-refractivity contribution is -0.119. The SMILES string of the molecule is O=C1CCC(CNC(=O)c2cc(Br)c(Br)s2)N1. The zero-order valence-corrected chi connectivity index (χ0v) is 12.7. The third-order valence-corrected chi connectivity index (χ3v) is 5.72. The van der Waals surface area contributed by atoms with Gasteiger partial charge < -0.3 is 10.6 Å². The minimum atomic E-state index is -0.109. The predicted octanol–water partition coefficient (Wildman–Crippen LogP) is 2.28. The van der Waals surface area contributed by atoms with Crippen molar-refractivity contribution in [3.63, 3.8) is 0 Å². The first-order valence-electron chi connectivity index (χ1n) is 5.08. The number of carbonyl (C=O) groups is 2. The van der Waals surface area contributed by atoms with Gasteiger partial charge >= 0.3 is 0 Å². The van der Waals surface area contributed by atoms with Crippen LogP contribution in [0, 0.1) is 0 Å². The van der Waals surface area contributed by atoms with E-state index in [0.29, 0.717) is 17.8 Å². The van der Waals surface area contributed by atoms with E-state index in [1.54, 1.807) is 6.07 Å². The number of amides is 2. The van der Waals surface area contributed by atoms with Gasteiger partial charge in [-0.3, -0.25) is 9.59 Å². The van der Waals surface area contributed by atoms with Gasteiger partial charge in [0.05, 0.1) is 8.66 Å². The van der Waals surface area contributed by atoms with Crippen molar-refractivity contribution >= 4 is 55.0 Å². The highest BCUT2D eigenvalue weighted by molar-refractivity contribution is 9.13. The Hall–Kier alpha value is -0.400. The molecule has 1 atom stereocenters. The molecule has 17 heavy (non-hydrogen) atoms. The second kappa shape index (κ2) is 5.49. The average Bonchev–Trinajstić information content (AvgIpc) is 2.83. The molecule has 1 saturated heterocycles. The summed E-state index contributed by atoms with van der Waals surface area (Å²) in [7, 11) is 0. The lowest BCUT2D eigenvalue weighted by Gasteiger charge is -2.10. The second-order valence-electron chi connectivity index (χ2n) is 3.75. The molecule has 2 N–H and O–H groups in total. The van der Waals surface area contributed by atoms with Gasteiger partial charge in [-0.2, -0.15) is 0 Å². The topological polar surface area (TPSA) is 58.2 Å². The maximum atomic E-state index is 11.8. The summed E-state index contributed by atoms with van der Waals surface area (Å²) < 4.78 is 1.78. The number of nitrogens with one attached hydrogen (secondary N) is 2. The van der Waals surface area contributed by atoms with E-state index >= 15 is 0 Å². The van der Waals surface area contributed by atoms with Crippen LogP contribution in [-0.2, 0) is 4.79 Å². The maximum absolute atomic E-state index is 11.8. The van der Waals surface area contributed by atoms with Crippen molar-refractivity contribution in [2.75, 3.05) is 6.54 Å². The highest BCUT2D eigenvalue weighted by Gasteiger charge is 2.21. The third kappa shape index (κ3) is 3.29. The van der Waals surface area contributed by atoms with Crippen LogP contribution in [0.5, 0.6) is 0 Å². The lowest BCUT2D eigenvalue weighted by atomic mass is 10.2. The van der Waals surface area contributed by atoms with Gasteiger partial charge in [0, 0.05) is 23.5 Å². The van der Waals surface area contributed by atoms with E-state index in [9.17, 15) is 9.59 Å². The summed E-state index contributed by atoms with van der Waals surface area (Å²) in [4.78, 5) is 23.4. The van der Waals surface area contributed by atoms with Crippen molar-refractivity contribution < 1.29 is 9.59 Å². The molecule has 7 heteroatoms. The highest BCUT2D eigenvalue weighted by Crippen LogP contribution is 2.32. The summed E-state index contributed by atoms with van der Waals surface area (Å²) >= 11 is 8.06. The molecule has 2 heterocycles. The van der Waals surface area contributed by atoms with Crippen molar-refractivity contribution in [3.05, 3.63) is 19.2 Å². The first-order valence-corrected chi connectivity index (χ1v) is 7.49. The van der Waals surface area contributed by atoms with E-state index in [0.717, 1.165) is 14.7 Å². The third-order valence-electron chi connectivity index (χ3n) is 2.46. The molecule has 0 spiro atoms. The van der Waals surface area contributed by atoms with E-state index in [4.69, 9.17) is 0 Å². The molecule has 0 aromatic carbocycles. The van der Waals surface area contributed by atoms with Gasteiger partial charge in [-0.25, -0.2) is 0 Å². The Bertz CT molecular complexity index is 442. The standard InChI is InChI=1S/C10H10Br2N2O2S/c11-6-3-7(17-9(6)12)10(16)13-4-5-1-2-8(15)14-5/h3,5H,1-2,4H2,(H,13,16)(H,14,15). The summed E-state index contributed by atoms with van der Waals surface area (Å²) in [5.74, 6) is -0.0478. The Morgan fingerprint density at radius 3 is 2.88 bits per heavy atom. The Balaban J connectivity index is 1.87. The monoisotopic (exact) mass is 380 g/mol. The molecule has 1 aromatic heterocycles. The molecule has 4 nitrogen and oxygen atoms in total. The van der Waals surface area contributed by atoms with Crippen LogP contribution >= 0.6 is 43.2 Å². The van der Waals surface area contributed by atoms with E-state index in [2.05, 4.69) is 42.5 Å². The molecule has 1 fully saturated rings. The minimum Gasteiger partial charge on any atom is -0.352 e. The Kier molecular flexibility index (Phi) is 4.22. The molecule has 2 amide bonds. The van der Waals surface area contributed by atoms with Crippen LogP contribution in [0.4, 0.5) is 0 Å². The number of rotatable bonds is 3. The van der Waals surface area contributed by atoms with Crippen LogP contribution in [0.3, 0.4) is 0 Å². The number of thiophene rings is 1. The molecule has 0 aliphatic carbocycles. The zero-order valence-electron chi connectivity index (χ0n) is 8.76. The Morgan fingerprint density at radius 2 is 2.35 bits per heavy atom. The van der Waals surface area contributed by atoms with Crippen molar-refractivity contribution in [2.45, 2.75) is 18.9 Å². The Labute approximate surface area is 119 Å². The molecule has 0 radical (unpaired) electrons. The average molecular weight is 382 g/mol. The van der Waals surface area contributed by atoms with Gasteiger partial charge in [-0.05, 0) is 44.3 Å². The quantitative estimate of drug-likeness (QED) is 0.843. The lowest BCUT2D eigenvalue weighted by Crippen LogP contribution is -2.38. The van der Waals surface area contributed by atoms with Gasteiger partial charge in [-0.1, -0.05) is 0 Å². The van der Waals surface area contributed by atoms with Crippen LogP contribution in [-0.4, -0.2) is 24.4 Å². The number of carbonyl (C=O) groups excluding carboxylic acids is 2. The maximum Gasteiger partial charge on any atom is 0.261 e. The largest absolute Gasteiger partial charge is 0.352 e. The van der Waals surface area contributed by atoms with E-state index in [-0.39, 0.29) is 17.9 Å². The summed E-state index contributed by atoms with van der Waals surface area (Å²) in [6, 6.07) is 1.84. The molecular formula is C10H10Br2N2O2S. The fourth-order valence-corrected chi connectivity index (χ4v) is 3.54. The van der Waals surface area contributed by atoms with Gasteiger partial charge in [-0.15, -0.1) is 11.3 Å². The fraction of sp³-hybridized carbons (Fsp3) is 0.400. The van der Waals surface area contributed by atoms with Crippen molar-refractivity contribution in [1.29, 1.82) is 0 Å². The second-order valence-corrected chi connectivity index (χ2v) is 6.97. The van der Waals surface area contributed by atoms with Crippen LogP contribution in [0.1, 0.15) is 22.5 Å². The molecule has 1 aliphatic rings. The molecule has 0 bridgehead atoms. The van der Waals surface area contributed by atoms with Crippen LogP contribution < -0.4 is 10.6 Å². The highest BCUT2D eigenvalue weighted by atomic mass is 79.9. The summed E-state index contributed by atoms with van der Waals surface area (Å²) in [6.07, 6.45) is 1.34. The predicted molar refractivity (Wildman–Crippen MR) is 73.2 cm³/mol. The molecule has 2 rings (SSSR count). The van der Waals surface area contributed by atoms with Gasteiger partial charge in [0.15, 0.2) is 0 Å². The van der Waals surface area contributed by atoms with Gasteiger partial charge in [0.1, 0.15) is 0 Å². The molecule has 1 aliphatic heterocycles. The van der Waals surface area contributed by atoms with Gasteiger partial charge in [0.25, 0.3) is 5.91 Å². The van der Waals surface area contributed by atoms with Gasteiger partial charge in [0.2, 0.25) is 5.91 Å². The molecular weight excluding hydrogens is 372 g/mol. The number of halogens is 2. The van der Waals surface area contributed by atoms with Crippen molar-refractivity contribution in [3.8, 4) is 0 Å². The van der Waals surface area contributed by atoms with Crippen LogP contribution in [0.25, 0.3) is 0 Å². The Morgan fingerprint density at radius 1 is 1.59 bits per heavy atom. The summed E-state index contributed by atoms with van der Waals surface area (Å²) in [5.41, 5.74) is 0. The number of hydrogen-bond donors (Lipinski definition) is 2. The zero-order chi connectivity index (χ0) is 12.4. The summed E-state index contributed by atoms with van der Waals surface area (Å²) in [5, 5.41) is 5.63. The minimum absolute atomic E-state index is 0.0610. The van der Waals surface area contributed by atoms with E-state index in [1.165, 1.54) is 11.3 Å². The van der Waals surface area contributed by atoms with Crippen molar-refractivity contribution in [2.24, 2.45) is 0 Å².